The predicted octanol–water partition coefficient (Wildman–Crippen LogP) is 1.42. The van der Waals surface area contributed by atoms with E-state index in [4.69, 9.17) is 17.3 Å². The zero-order valence-corrected chi connectivity index (χ0v) is 9.42. The van der Waals surface area contributed by atoms with E-state index in [0.717, 1.165) is 0 Å². The molecule has 2 aromatic heterocycles. The Morgan fingerprint density at radius 3 is 2.94 bits per heavy atom. The highest BCUT2D eigenvalue weighted by molar-refractivity contribution is 7.13. The number of hydrogen-bond donors (Lipinski definition) is 2. The molecular formula is C8H6ClN5OS. The summed E-state index contributed by atoms with van der Waals surface area (Å²) in [5, 5.41) is 4.59. The number of carbonyl (C=O) groups excluding carboxylic acids is 1. The Kier molecular flexibility index (Phi) is 2.97. The van der Waals surface area contributed by atoms with Gasteiger partial charge in [-0.15, -0.1) is 11.3 Å². The monoisotopic (exact) mass is 255 g/mol. The lowest BCUT2D eigenvalue weighted by Gasteiger charge is -2.00. The molecule has 6 nitrogen and oxygen atoms in total. The number of thiazole rings is 1. The van der Waals surface area contributed by atoms with Crippen LogP contribution in [0.3, 0.4) is 0 Å². The smallest absolute Gasteiger partial charge is 0.277 e. The van der Waals surface area contributed by atoms with E-state index in [-0.39, 0.29) is 16.8 Å². The molecule has 0 aliphatic carbocycles. The summed E-state index contributed by atoms with van der Waals surface area (Å²) in [6.45, 7) is 0. The molecule has 82 valence electrons. The van der Waals surface area contributed by atoms with Crippen molar-refractivity contribution < 1.29 is 4.79 Å². The minimum Gasteiger partial charge on any atom is -0.375 e. The second-order valence-electron chi connectivity index (χ2n) is 2.73. The largest absolute Gasteiger partial charge is 0.375 e. The fourth-order valence-electron chi connectivity index (χ4n) is 0.954. The maximum Gasteiger partial charge on any atom is 0.277 e. The normalized spacial score (nSPS) is 10.1. The Bertz CT molecular complexity index is 529. The number of nitrogens with zero attached hydrogens (tertiary/aromatic N) is 3. The van der Waals surface area contributed by atoms with Crippen LogP contribution < -0.4 is 11.1 Å². The van der Waals surface area contributed by atoms with E-state index < -0.39 is 5.91 Å². The second kappa shape index (κ2) is 4.42. The van der Waals surface area contributed by atoms with Gasteiger partial charge in [-0.2, -0.15) is 0 Å². The van der Waals surface area contributed by atoms with E-state index in [0.29, 0.717) is 5.13 Å². The third kappa shape index (κ3) is 2.44. The summed E-state index contributed by atoms with van der Waals surface area (Å²) in [7, 11) is 0. The van der Waals surface area contributed by atoms with E-state index in [1.54, 1.807) is 5.38 Å². The van der Waals surface area contributed by atoms with Gasteiger partial charge in [0.1, 0.15) is 10.8 Å². The van der Waals surface area contributed by atoms with Crippen LogP contribution >= 0.6 is 22.9 Å². The van der Waals surface area contributed by atoms with E-state index in [1.807, 2.05) is 0 Å². The summed E-state index contributed by atoms with van der Waals surface area (Å²) >= 11 is 6.83. The lowest BCUT2D eigenvalue weighted by molar-refractivity contribution is 0.102. The zero-order valence-electron chi connectivity index (χ0n) is 7.85. The van der Waals surface area contributed by atoms with Crippen LogP contribution in [-0.2, 0) is 0 Å². The Hall–Kier alpha value is -1.73. The van der Waals surface area contributed by atoms with Crippen molar-refractivity contribution in [3.05, 3.63) is 28.5 Å². The molecule has 0 unspecified atom stereocenters. The Labute approximate surface area is 99.5 Å². The summed E-state index contributed by atoms with van der Waals surface area (Å²) in [5.41, 5.74) is 5.64. The average Bonchev–Trinajstić information content (AvgIpc) is 2.65. The standard InChI is InChI=1S/C8H6ClN5OS/c9-5-1-2-11-8(13-5)14-6(15)4-3-16-7(10)12-4/h1-3H,(H2,10,12)(H,11,13,14,15). The average molecular weight is 256 g/mol. The number of carbonyl (C=O) groups is 1. The predicted molar refractivity (Wildman–Crippen MR) is 61.5 cm³/mol. The third-order valence-corrected chi connectivity index (χ3v) is 2.49. The molecule has 8 heteroatoms. The van der Waals surface area contributed by atoms with Crippen molar-refractivity contribution in [3.63, 3.8) is 0 Å². The lowest BCUT2D eigenvalue weighted by atomic mass is 10.4. The topological polar surface area (TPSA) is 93.8 Å². The van der Waals surface area contributed by atoms with Crippen LogP contribution in [0.15, 0.2) is 17.6 Å². The Balaban J connectivity index is 2.13. The van der Waals surface area contributed by atoms with Gasteiger partial charge in [0.15, 0.2) is 5.13 Å². The second-order valence-corrected chi connectivity index (χ2v) is 4.01. The maximum atomic E-state index is 11.6. The van der Waals surface area contributed by atoms with Gasteiger partial charge in [-0.1, -0.05) is 11.6 Å². The fraction of sp³-hybridized carbons (Fsp3) is 0. The number of hydrogen-bond acceptors (Lipinski definition) is 6. The van der Waals surface area contributed by atoms with Gasteiger partial charge in [0.2, 0.25) is 5.95 Å². The highest BCUT2D eigenvalue weighted by atomic mass is 35.5. The van der Waals surface area contributed by atoms with E-state index in [1.165, 1.54) is 23.6 Å². The maximum absolute atomic E-state index is 11.6. The van der Waals surface area contributed by atoms with Gasteiger partial charge in [0.05, 0.1) is 0 Å². The van der Waals surface area contributed by atoms with Crippen LogP contribution in [0, 0.1) is 0 Å². The summed E-state index contributed by atoms with van der Waals surface area (Å²) in [4.78, 5) is 23.1. The molecule has 1 amide bonds. The molecule has 0 radical (unpaired) electrons. The van der Waals surface area contributed by atoms with Crippen molar-refractivity contribution in [1.29, 1.82) is 0 Å². The Morgan fingerprint density at radius 2 is 2.31 bits per heavy atom. The number of anilines is 2. The molecule has 0 atom stereocenters. The molecular weight excluding hydrogens is 250 g/mol. The van der Waals surface area contributed by atoms with Gasteiger partial charge in [-0.25, -0.2) is 15.0 Å². The molecule has 3 N–H and O–H groups in total. The van der Waals surface area contributed by atoms with Gasteiger partial charge in [0, 0.05) is 11.6 Å². The Morgan fingerprint density at radius 1 is 1.50 bits per heavy atom. The van der Waals surface area contributed by atoms with E-state index >= 15 is 0 Å². The van der Waals surface area contributed by atoms with Gasteiger partial charge < -0.3 is 5.73 Å². The van der Waals surface area contributed by atoms with Crippen LogP contribution in [0.5, 0.6) is 0 Å². The van der Waals surface area contributed by atoms with Crippen LogP contribution in [0.1, 0.15) is 10.5 Å². The lowest BCUT2D eigenvalue weighted by Crippen LogP contribution is -2.14. The number of nitrogens with two attached hydrogens (primary N) is 1. The van der Waals surface area contributed by atoms with Crippen molar-refractivity contribution in [1.82, 2.24) is 15.0 Å². The third-order valence-electron chi connectivity index (χ3n) is 1.60. The summed E-state index contributed by atoms with van der Waals surface area (Å²) in [6.07, 6.45) is 1.44. The van der Waals surface area contributed by atoms with E-state index in [9.17, 15) is 4.79 Å². The highest BCUT2D eigenvalue weighted by Gasteiger charge is 2.11. The molecule has 2 heterocycles. The van der Waals surface area contributed by atoms with Gasteiger partial charge >= 0.3 is 0 Å². The van der Waals surface area contributed by atoms with Crippen LogP contribution in [0.25, 0.3) is 0 Å². The number of nitrogens with one attached hydrogen (secondary N) is 1. The van der Waals surface area contributed by atoms with Crippen LogP contribution in [0.2, 0.25) is 5.15 Å². The zero-order chi connectivity index (χ0) is 11.5. The minimum absolute atomic E-state index is 0.129. The number of nitrogen functional groups attached to an aromatic ring is 1. The molecule has 0 aromatic carbocycles. The van der Waals surface area contributed by atoms with Crippen molar-refractivity contribution in [2.45, 2.75) is 0 Å². The first-order valence-corrected chi connectivity index (χ1v) is 5.42. The molecule has 2 rings (SSSR count). The molecule has 16 heavy (non-hydrogen) atoms. The summed E-state index contributed by atoms with van der Waals surface area (Å²) in [5.74, 6) is -0.292. The van der Waals surface area contributed by atoms with Gasteiger partial charge in [-0.05, 0) is 6.07 Å². The molecule has 0 bridgehead atoms. The minimum atomic E-state index is -0.421. The van der Waals surface area contributed by atoms with Crippen molar-refractivity contribution in [2.24, 2.45) is 0 Å². The SMILES string of the molecule is Nc1nc(C(=O)Nc2nccc(Cl)n2)cs1. The molecule has 0 spiro atoms. The molecule has 0 saturated heterocycles. The van der Waals surface area contributed by atoms with Crippen molar-refractivity contribution >= 4 is 39.9 Å². The first-order valence-electron chi connectivity index (χ1n) is 4.16. The molecule has 0 aliphatic rings. The number of halogens is 1. The van der Waals surface area contributed by atoms with Crippen LogP contribution in [-0.4, -0.2) is 20.9 Å². The number of rotatable bonds is 2. The molecule has 0 fully saturated rings. The fourth-order valence-corrected chi connectivity index (χ4v) is 1.63. The van der Waals surface area contributed by atoms with Crippen molar-refractivity contribution in [2.75, 3.05) is 11.1 Å². The molecule has 2 aromatic rings. The number of aromatic nitrogens is 3. The first kappa shape index (κ1) is 10.8. The van der Waals surface area contributed by atoms with Gasteiger partial charge in [-0.3, -0.25) is 10.1 Å². The van der Waals surface area contributed by atoms with Crippen LogP contribution in [0.4, 0.5) is 11.1 Å². The van der Waals surface area contributed by atoms with Gasteiger partial charge in [0.25, 0.3) is 5.91 Å². The quantitative estimate of drug-likeness (QED) is 0.792. The van der Waals surface area contributed by atoms with E-state index in [2.05, 4.69) is 20.3 Å². The molecule has 0 aliphatic heterocycles. The highest BCUT2D eigenvalue weighted by Crippen LogP contribution is 2.12. The molecule has 0 saturated carbocycles. The summed E-state index contributed by atoms with van der Waals surface area (Å²) < 4.78 is 0. The van der Waals surface area contributed by atoms with Crippen molar-refractivity contribution in [3.8, 4) is 0 Å². The summed E-state index contributed by atoms with van der Waals surface area (Å²) in [6, 6.07) is 1.51. The first-order chi connectivity index (χ1) is 7.65. The number of amides is 1.